The Morgan fingerprint density at radius 1 is 0.944 bits per heavy atom. The molecule has 1 nitrogen and oxygen atoms in total. The number of rotatable bonds is 2. The van der Waals surface area contributed by atoms with Gasteiger partial charge in [-0.2, -0.15) is 0 Å². The maximum absolute atomic E-state index is 6.06. The SMILES string of the molecule is CC.Clc1cccc(/C=C\c2ccncc2)c1Cl. The zero-order chi connectivity index (χ0) is 13.4. The molecule has 0 amide bonds. The van der Waals surface area contributed by atoms with E-state index in [0.29, 0.717) is 10.0 Å². The molecule has 0 aliphatic rings. The van der Waals surface area contributed by atoms with Crippen LogP contribution in [0.3, 0.4) is 0 Å². The summed E-state index contributed by atoms with van der Waals surface area (Å²) in [7, 11) is 0. The van der Waals surface area contributed by atoms with Crippen molar-refractivity contribution < 1.29 is 0 Å². The predicted molar refractivity (Wildman–Crippen MR) is 81.0 cm³/mol. The van der Waals surface area contributed by atoms with Crippen molar-refractivity contribution in [3.63, 3.8) is 0 Å². The highest BCUT2D eigenvalue weighted by atomic mass is 35.5. The summed E-state index contributed by atoms with van der Waals surface area (Å²) >= 11 is 12.0. The van der Waals surface area contributed by atoms with Crippen LogP contribution in [0.2, 0.25) is 10.0 Å². The lowest BCUT2D eigenvalue weighted by Gasteiger charge is -1.99. The monoisotopic (exact) mass is 279 g/mol. The second kappa shape index (κ2) is 7.91. The first kappa shape index (κ1) is 14.7. The number of halogens is 2. The second-order valence-corrected chi connectivity index (χ2v) is 4.04. The van der Waals surface area contributed by atoms with Gasteiger partial charge in [-0.3, -0.25) is 4.98 Å². The highest BCUT2D eigenvalue weighted by Crippen LogP contribution is 2.26. The van der Waals surface area contributed by atoms with Gasteiger partial charge >= 0.3 is 0 Å². The molecule has 0 atom stereocenters. The molecule has 0 spiro atoms. The van der Waals surface area contributed by atoms with Crippen LogP contribution in [0.4, 0.5) is 0 Å². The quantitative estimate of drug-likeness (QED) is 0.699. The van der Waals surface area contributed by atoms with Crippen molar-refractivity contribution in [2.24, 2.45) is 0 Å². The Kier molecular flexibility index (Phi) is 6.48. The minimum Gasteiger partial charge on any atom is -0.265 e. The van der Waals surface area contributed by atoms with Gasteiger partial charge in [-0.05, 0) is 29.3 Å². The Bertz CT molecular complexity index is 507. The van der Waals surface area contributed by atoms with Crippen LogP contribution in [0.5, 0.6) is 0 Å². The van der Waals surface area contributed by atoms with Crippen molar-refractivity contribution in [2.75, 3.05) is 0 Å². The minimum atomic E-state index is 0.568. The van der Waals surface area contributed by atoms with E-state index in [2.05, 4.69) is 4.98 Å². The van der Waals surface area contributed by atoms with E-state index in [4.69, 9.17) is 23.2 Å². The van der Waals surface area contributed by atoms with Crippen molar-refractivity contribution >= 4 is 35.4 Å². The molecule has 0 N–H and O–H groups in total. The van der Waals surface area contributed by atoms with Crippen molar-refractivity contribution in [3.8, 4) is 0 Å². The standard InChI is InChI=1S/C13H9Cl2N.C2H6/c14-12-3-1-2-11(13(12)15)5-4-10-6-8-16-9-7-10;1-2/h1-9H;1-2H3/b5-4-;. The molecule has 0 aliphatic heterocycles. The molecule has 0 bridgehead atoms. The van der Waals surface area contributed by atoms with Gasteiger partial charge in [0, 0.05) is 12.4 Å². The van der Waals surface area contributed by atoms with E-state index in [1.54, 1.807) is 18.5 Å². The van der Waals surface area contributed by atoms with Crippen LogP contribution in [0.15, 0.2) is 42.7 Å². The van der Waals surface area contributed by atoms with Crippen molar-refractivity contribution in [2.45, 2.75) is 13.8 Å². The number of pyridine rings is 1. The molecule has 3 heteroatoms. The van der Waals surface area contributed by atoms with E-state index in [1.807, 2.05) is 50.3 Å². The molecule has 2 rings (SSSR count). The molecular weight excluding hydrogens is 265 g/mol. The van der Waals surface area contributed by atoms with Gasteiger partial charge in [0.2, 0.25) is 0 Å². The van der Waals surface area contributed by atoms with Crippen LogP contribution in [-0.4, -0.2) is 4.98 Å². The molecule has 0 unspecified atom stereocenters. The summed E-state index contributed by atoms with van der Waals surface area (Å²) in [4.78, 5) is 3.95. The molecule has 0 fully saturated rings. The Morgan fingerprint density at radius 3 is 2.28 bits per heavy atom. The predicted octanol–water partition coefficient (Wildman–Crippen LogP) is 5.59. The fourth-order valence-electron chi connectivity index (χ4n) is 1.31. The summed E-state index contributed by atoms with van der Waals surface area (Å²) < 4.78 is 0. The minimum absolute atomic E-state index is 0.568. The molecule has 0 saturated carbocycles. The maximum Gasteiger partial charge on any atom is 0.0664 e. The lowest BCUT2D eigenvalue weighted by Crippen LogP contribution is -1.77. The summed E-state index contributed by atoms with van der Waals surface area (Å²) in [5, 5.41) is 1.15. The maximum atomic E-state index is 6.06. The number of aromatic nitrogens is 1. The van der Waals surface area contributed by atoms with Crippen LogP contribution in [0, 0.1) is 0 Å². The van der Waals surface area contributed by atoms with Gasteiger partial charge in [-0.15, -0.1) is 0 Å². The van der Waals surface area contributed by atoms with Gasteiger partial charge in [-0.1, -0.05) is 61.3 Å². The first-order valence-electron chi connectivity index (χ1n) is 5.79. The van der Waals surface area contributed by atoms with Crippen LogP contribution in [-0.2, 0) is 0 Å². The largest absolute Gasteiger partial charge is 0.265 e. The van der Waals surface area contributed by atoms with E-state index >= 15 is 0 Å². The lowest BCUT2D eigenvalue weighted by molar-refractivity contribution is 1.32. The van der Waals surface area contributed by atoms with Crippen LogP contribution >= 0.6 is 23.2 Å². The number of hydrogen-bond donors (Lipinski definition) is 0. The molecule has 0 radical (unpaired) electrons. The fourth-order valence-corrected chi connectivity index (χ4v) is 1.68. The zero-order valence-electron chi connectivity index (χ0n) is 10.4. The summed E-state index contributed by atoms with van der Waals surface area (Å²) in [5.74, 6) is 0. The van der Waals surface area contributed by atoms with Crippen LogP contribution in [0.1, 0.15) is 25.0 Å². The third-order valence-electron chi connectivity index (χ3n) is 2.14. The van der Waals surface area contributed by atoms with Gasteiger partial charge in [0.25, 0.3) is 0 Å². The average molecular weight is 280 g/mol. The van der Waals surface area contributed by atoms with E-state index < -0.39 is 0 Å². The first-order valence-corrected chi connectivity index (χ1v) is 6.55. The van der Waals surface area contributed by atoms with E-state index in [1.165, 1.54) is 0 Å². The van der Waals surface area contributed by atoms with E-state index in [0.717, 1.165) is 11.1 Å². The van der Waals surface area contributed by atoms with Gasteiger partial charge in [0.1, 0.15) is 0 Å². The normalized spacial score (nSPS) is 10.0. The third-order valence-corrected chi connectivity index (χ3v) is 2.98. The lowest BCUT2D eigenvalue weighted by atomic mass is 10.1. The summed E-state index contributed by atoms with van der Waals surface area (Å²) in [6.07, 6.45) is 7.40. The van der Waals surface area contributed by atoms with Gasteiger partial charge in [0.15, 0.2) is 0 Å². The molecule has 94 valence electrons. The highest BCUT2D eigenvalue weighted by Gasteiger charge is 2.00. The molecule has 18 heavy (non-hydrogen) atoms. The van der Waals surface area contributed by atoms with Gasteiger partial charge in [-0.25, -0.2) is 0 Å². The summed E-state index contributed by atoms with van der Waals surface area (Å²) in [6.45, 7) is 4.00. The molecule has 1 heterocycles. The van der Waals surface area contributed by atoms with Crippen LogP contribution < -0.4 is 0 Å². The molecule has 1 aromatic carbocycles. The molecule has 0 aliphatic carbocycles. The van der Waals surface area contributed by atoms with Crippen LogP contribution in [0.25, 0.3) is 12.2 Å². The van der Waals surface area contributed by atoms with Crippen molar-refractivity contribution in [1.29, 1.82) is 0 Å². The van der Waals surface area contributed by atoms with Crippen molar-refractivity contribution in [1.82, 2.24) is 4.98 Å². The van der Waals surface area contributed by atoms with Gasteiger partial charge in [0.05, 0.1) is 10.0 Å². The number of hydrogen-bond acceptors (Lipinski definition) is 1. The average Bonchev–Trinajstić information content (AvgIpc) is 2.44. The first-order chi connectivity index (χ1) is 8.77. The van der Waals surface area contributed by atoms with E-state index in [9.17, 15) is 0 Å². The molecule has 0 saturated heterocycles. The summed E-state index contributed by atoms with van der Waals surface area (Å²) in [5.41, 5.74) is 1.98. The number of benzene rings is 1. The van der Waals surface area contributed by atoms with E-state index in [-0.39, 0.29) is 0 Å². The number of nitrogens with zero attached hydrogens (tertiary/aromatic N) is 1. The Balaban J connectivity index is 0.000000771. The smallest absolute Gasteiger partial charge is 0.0664 e. The molecular formula is C15H15Cl2N. The third kappa shape index (κ3) is 4.17. The zero-order valence-corrected chi connectivity index (χ0v) is 11.9. The summed E-state index contributed by atoms with van der Waals surface area (Å²) in [6, 6.07) is 9.42. The topological polar surface area (TPSA) is 12.9 Å². The molecule has 1 aromatic heterocycles. The van der Waals surface area contributed by atoms with Gasteiger partial charge < -0.3 is 0 Å². The Hall–Kier alpha value is -1.31. The highest BCUT2D eigenvalue weighted by molar-refractivity contribution is 6.42. The molecule has 2 aromatic rings. The second-order valence-electron chi connectivity index (χ2n) is 3.26. The van der Waals surface area contributed by atoms with Crippen molar-refractivity contribution in [3.05, 3.63) is 63.9 Å². The Labute approximate surface area is 118 Å². The fraction of sp³-hybridized carbons (Fsp3) is 0.133. The Morgan fingerprint density at radius 2 is 1.61 bits per heavy atom.